The molecule has 1 saturated carbocycles. The number of piperidine rings is 1. The number of likely N-dealkylation sites (tertiary alicyclic amines) is 1. The fourth-order valence-electron chi connectivity index (χ4n) is 5.43. The number of carbonyl (C=O) groups is 1. The molecule has 2 fully saturated rings. The van der Waals surface area contributed by atoms with Crippen molar-refractivity contribution in [1.82, 2.24) is 14.8 Å². The summed E-state index contributed by atoms with van der Waals surface area (Å²) in [4.78, 5) is 22.2. The molecule has 1 amide bonds. The van der Waals surface area contributed by atoms with Crippen LogP contribution in [-0.4, -0.2) is 52.4 Å². The Labute approximate surface area is 168 Å². The molecular weight excluding hydrogens is 346 g/mol. The highest BCUT2D eigenvalue weighted by atomic mass is 16.2. The number of benzene rings is 1. The molecule has 5 rings (SSSR count). The van der Waals surface area contributed by atoms with Gasteiger partial charge in [0.25, 0.3) is 5.91 Å². The lowest BCUT2D eigenvalue weighted by atomic mass is 9.87. The van der Waals surface area contributed by atoms with E-state index in [0.717, 1.165) is 62.3 Å². The van der Waals surface area contributed by atoms with Crippen LogP contribution in [0.4, 0.5) is 0 Å². The number of hydrogen-bond donors (Lipinski definition) is 1. The number of aryl methyl sites for hydroxylation is 1. The normalized spacial score (nSPS) is 23.7. The lowest BCUT2D eigenvalue weighted by Crippen LogP contribution is -2.48. The monoisotopic (exact) mass is 379 g/mol. The number of hydrogen-bond acceptors (Lipinski definition) is 2. The standard InChI is InChI=1S/C24H33N3O/c1-3-26-13-11-18(12-14-26)27(17-8-9-17)24(28)20-6-4-5-19-21-15-16(2)7-10-22(21)25-23(19)20/h4-6,16-18,25H,3,7-15H2,1-2H3. The first-order valence-electron chi connectivity index (χ1n) is 11.3. The molecule has 1 aromatic carbocycles. The van der Waals surface area contributed by atoms with Gasteiger partial charge in [-0.05, 0) is 69.0 Å². The minimum absolute atomic E-state index is 0.259. The van der Waals surface area contributed by atoms with E-state index in [-0.39, 0.29) is 5.91 Å². The van der Waals surface area contributed by atoms with Gasteiger partial charge in [-0.15, -0.1) is 0 Å². The van der Waals surface area contributed by atoms with Crippen LogP contribution >= 0.6 is 0 Å². The summed E-state index contributed by atoms with van der Waals surface area (Å²) in [6, 6.07) is 7.22. The number of amides is 1. The molecule has 1 aromatic heterocycles. The van der Waals surface area contributed by atoms with Gasteiger partial charge in [-0.25, -0.2) is 0 Å². The van der Waals surface area contributed by atoms with E-state index in [1.54, 1.807) is 0 Å². The molecule has 1 N–H and O–H groups in total. The Bertz CT molecular complexity index is 873. The van der Waals surface area contributed by atoms with Gasteiger partial charge >= 0.3 is 0 Å². The van der Waals surface area contributed by atoms with E-state index in [9.17, 15) is 4.79 Å². The summed E-state index contributed by atoms with van der Waals surface area (Å²) in [6.45, 7) is 7.94. The SMILES string of the molecule is CCN1CCC(N(C(=O)c2cccc3c4c([nH]c23)CCC(C)C4)C2CC2)CC1. The quantitative estimate of drug-likeness (QED) is 0.856. The molecule has 4 heteroatoms. The van der Waals surface area contributed by atoms with E-state index in [1.807, 2.05) is 6.07 Å². The molecule has 2 aliphatic carbocycles. The highest BCUT2D eigenvalue weighted by Gasteiger charge is 2.39. The number of nitrogens with one attached hydrogen (secondary N) is 1. The molecule has 1 saturated heterocycles. The van der Waals surface area contributed by atoms with Crippen molar-refractivity contribution in [2.75, 3.05) is 19.6 Å². The van der Waals surface area contributed by atoms with Crippen molar-refractivity contribution >= 4 is 16.8 Å². The van der Waals surface area contributed by atoms with Crippen molar-refractivity contribution < 1.29 is 4.79 Å². The molecule has 4 nitrogen and oxygen atoms in total. The van der Waals surface area contributed by atoms with Gasteiger partial charge in [0.05, 0.1) is 11.1 Å². The zero-order valence-corrected chi connectivity index (χ0v) is 17.3. The predicted octanol–water partition coefficient (Wildman–Crippen LogP) is 4.38. The first-order chi connectivity index (χ1) is 13.7. The maximum Gasteiger partial charge on any atom is 0.256 e. The molecule has 1 unspecified atom stereocenters. The first kappa shape index (κ1) is 18.2. The molecule has 28 heavy (non-hydrogen) atoms. The summed E-state index contributed by atoms with van der Waals surface area (Å²) < 4.78 is 0. The average molecular weight is 380 g/mol. The first-order valence-corrected chi connectivity index (χ1v) is 11.3. The van der Waals surface area contributed by atoms with E-state index in [1.165, 1.54) is 35.9 Å². The average Bonchev–Trinajstić information content (AvgIpc) is 3.48. The van der Waals surface area contributed by atoms with Gasteiger partial charge in [-0.1, -0.05) is 26.0 Å². The maximum atomic E-state index is 13.8. The third kappa shape index (κ3) is 3.16. The van der Waals surface area contributed by atoms with Crippen molar-refractivity contribution in [2.45, 2.75) is 70.9 Å². The molecule has 0 spiro atoms. The summed E-state index contributed by atoms with van der Waals surface area (Å²) in [5.74, 6) is 0.993. The number of fused-ring (bicyclic) bond motifs is 3. The van der Waals surface area contributed by atoms with Crippen LogP contribution in [0.15, 0.2) is 18.2 Å². The lowest BCUT2D eigenvalue weighted by Gasteiger charge is -2.38. The Kier molecular flexibility index (Phi) is 4.70. The zero-order chi connectivity index (χ0) is 19.3. The third-order valence-corrected chi connectivity index (χ3v) is 7.27. The molecule has 3 aliphatic rings. The van der Waals surface area contributed by atoms with Crippen molar-refractivity contribution in [2.24, 2.45) is 5.92 Å². The van der Waals surface area contributed by atoms with E-state index < -0.39 is 0 Å². The molecule has 0 bridgehead atoms. The number of rotatable bonds is 4. The van der Waals surface area contributed by atoms with Gasteiger partial charge in [0, 0.05) is 36.3 Å². The van der Waals surface area contributed by atoms with Crippen LogP contribution in [0.5, 0.6) is 0 Å². The summed E-state index contributed by atoms with van der Waals surface area (Å²) in [5, 5.41) is 1.28. The summed E-state index contributed by atoms with van der Waals surface area (Å²) in [6.07, 6.45) is 8.07. The van der Waals surface area contributed by atoms with Crippen molar-refractivity contribution in [3.8, 4) is 0 Å². The number of H-pyrrole nitrogens is 1. The minimum Gasteiger partial charge on any atom is -0.358 e. The fourth-order valence-corrected chi connectivity index (χ4v) is 5.43. The highest BCUT2D eigenvalue weighted by molar-refractivity contribution is 6.07. The van der Waals surface area contributed by atoms with Gasteiger partial charge in [-0.2, -0.15) is 0 Å². The number of aromatic nitrogens is 1. The number of carbonyl (C=O) groups excluding carboxylic acids is 1. The molecular formula is C24H33N3O. The van der Waals surface area contributed by atoms with Gasteiger partial charge in [0.15, 0.2) is 0 Å². The fraction of sp³-hybridized carbons (Fsp3) is 0.625. The van der Waals surface area contributed by atoms with Crippen LogP contribution in [0.25, 0.3) is 10.9 Å². The number of aromatic amines is 1. The summed E-state index contributed by atoms with van der Waals surface area (Å²) in [5.41, 5.74) is 4.80. The second-order valence-electron chi connectivity index (χ2n) is 9.27. The van der Waals surface area contributed by atoms with Gasteiger partial charge in [0.2, 0.25) is 0 Å². The van der Waals surface area contributed by atoms with Crippen LogP contribution in [-0.2, 0) is 12.8 Å². The van der Waals surface area contributed by atoms with Crippen molar-refractivity contribution in [3.05, 3.63) is 35.0 Å². The van der Waals surface area contributed by atoms with Crippen molar-refractivity contribution in [3.63, 3.8) is 0 Å². The van der Waals surface area contributed by atoms with Crippen LogP contribution in [0.3, 0.4) is 0 Å². The topological polar surface area (TPSA) is 39.3 Å². The van der Waals surface area contributed by atoms with Crippen LogP contribution in [0, 0.1) is 5.92 Å². The van der Waals surface area contributed by atoms with Crippen molar-refractivity contribution in [1.29, 1.82) is 0 Å². The minimum atomic E-state index is 0.259. The maximum absolute atomic E-state index is 13.8. The molecule has 2 aromatic rings. The Balaban J connectivity index is 1.47. The van der Waals surface area contributed by atoms with Gasteiger partial charge in [-0.3, -0.25) is 4.79 Å². The molecule has 0 radical (unpaired) electrons. The zero-order valence-electron chi connectivity index (χ0n) is 17.3. The van der Waals surface area contributed by atoms with Crippen LogP contribution in [0.2, 0.25) is 0 Å². The smallest absolute Gasteiger partial charge is 0.256 e. The molecule has 150 valence electrons. The number of nitrogens with zero attached hydrogens (tertiary/aromatic N) is 2. The van der Waals surface area contributed by atoms with E-state index in [0.29, 0.717) is 12.1 Å². The second kappa shape index (κ2) is 7.22. The lowest BCUT2D eigenvalue weighted by molar-refractivity contribution is 0.0556. The predicted molar refractivity (Wildman–Crippen MR) is 114 cm³/mol. The van der Waals surface area contributed by atoms with Gasteiger partial charge in [0.1, 0.15) is 0 Å². The second-order valence-corrected chi connectivity index (χ2v) is 9.27. The highest BCUT2D eigenvalue weighted by Crippen LogP contribution is 2.36. The molecule has 1 atom stereocenters. The van der Waals surface area contributed by atoms with E-state index >= 15 is 0 Å². The molecule has 2 heterocycles. The largest absolute Gasteiger partial charge is 0.358 e. The Morgan fingerprint density at radius 2 is 1.89 bits per heavy atom. The summed E-state index contributed by atoms with van der Waals surface area (Å²) in [7, 11) is 0. The summed E-state index contributed by atoms with van der Waals surface area (Å²) >= 11 is 0. The molecule has 1 aliphatic heterocycles. The van der Waals surface area contributed by atoms with Gasteiger partial charge < -0.3 is 14.8 Å². The van der Waals surface area contributed by atoms with Crippen LogP contribution < -0.4 is 0 Å². The van der Waals surface area contributed by atoms with E-state index in [4.69, 9.17) is 0 Å². The van der Waals surface area contributed by atoms with E-state index in [2.05, 4.69) is 40.8 Å². The van der Waals surface area contributed by atoms with Crippen LogP contribution in [0.1, 0.15) is 67.6 Å². The third-order valence-electron chi connectivity index (χ3n) is 7.27. The number of para-hydroxylation sites is 1. The Hall–Kier alpha value is -1.81. The Morgan fingerprint density at radius 1 is 1.14 bits per heavy atom. The Morgan fingerprint density at radius 3 is 2.61 bits per heavy atom.